The van der Waals surface area contributed by atoms with Gasteiger partial charge in [-0.15, -0.1) is 11.3 Å². The molecule has 2 heterocycles. The molecule has 2 amide bonds. The fourth-order valence-corrected chi connectivity index (χ4v) is 3.51. The van der Waals surface area contributed by atoms with Crippen LogP contribution in [0.4, 0.5) is 10.5 Å². The molecule has 1 aromatic carbocycles. The van der Waals surface area contributed by atoms with Crippen LogP contribution in [0.2, 0.25) is 0 Å². The molecule has 1 fully saturated rings. The van der Waals surface area contributed by atoms with Crippen molar-refractivity contribution in [2.75, 3.05) is 11.9 Å². The van der Waals surface area contributed by atoms with E-state index in [4.69, 9.17) is 4.74 Å². The van der Waals surface area contributed by atoms with Crippen LogP contribution in [0.5, 0.6) is 0 Å². The molecule has 0 saturated carbocycles. The number of nitrogens with zero attached hydrogens (tertiary/aromatic N) is 2. The van der Waals surface area contributed by atoms with Crippen LogP contribution >= 0.6 is 11.3 Å². The van der Waals surface area contributed by atoms with Crippen LogP contribution in [0.15, 0.2) is 35.8 Å². The zero-order valence-electron chi connectivity index (χ0n) is 15.2. The Morgan fingerprint density at radius 3 is 2.62 bits per heavy atom. The van der Waals surface area contributed by atoms with Gasteiger partial charge in [0, 0.05) is 29.4 Å². The van der Waals surface area contributed by atoms with Crippen molar-refractivity contribution in [1.82, 2.24) is 9.88 Å². The Hall–Kier alpha value is -2.41. The van der Waals surface area contributed by atoms with E-state index in [1.54, 1.807) is 17.5 Å². The molecule has 1 saturated heterocycles. The summed E-state index contributed by atoms with van der Waals surface area (Å²) < 4.78 is 5.41. The number of thiazole rings is 1. The topological polar surface area (TPSA) is 71.5 Å². The maximum Gasteiger partial charge on any atom is 0.410 e. The number of rotatable bonds is 3. The third kappa shape index (κ3) is 4.40. The van der Waals surface area contributed by atoms with Crippen molar-refractivity contribution in [2.24, 2.45) is 0 Å². The van der Waals surface area contributed by atoms with Crippen molar-refractivity contribution in [2.45, 2.75) is 45.3 Å². The molecule has 2 aromatic rings. The second-order valence-electron chi connectivity index (χ2n) is 7.24. The summed E-state index contributed by atoms with van der Waals surface area (Å²) in [7, 11) is 0. The van der Waals surface area contributed by atoms with Crippen molar-refractivity contribution >= 4 is 29.0 Å². The molecule has 0 bridgehead atoms. The molecule has 0 radical (unpaired) electrons. The van der Waals surface area contributed by atoms with Gasteiger partial charge in [0.05, 0.1) is 0 Å². The summed E-state index contributed by atoms with van der Waals surface area (Å²) in [5, 5.41) is 5.77. The second-order valence-corrected chi connectivity index (χ2v) is 8.13. The minimum absolute atomic E-state index is 0.185. The fraction of sp³-hybridized carbons (Fsp3) is 0.421. The number of benzene rings is 1. The summed E-state index contributed by atoms with van der Waals surface area (Å²) in [6.45, 7) is 6.00. The number of ether oxygens (including phenoxy) is 1. The number of amides is 2. The van der Waals surface area contributed by atoms with E-state index in [9.17, 15) is 9.59 Å². The number of aromatic nitrogens is 1. The largest absolute Gasteiger partial charge is 0.444 e. The van der Waals surface area contributed by atoms with E-state index >= 15 is 0 Å². The molecule has 1 N–H and O–H groups in total. The smallest absolute Gasteiger partial charge is 0.410 e. The molecular formula is C19H23N3O3S. The Balaban J connectivity index is 1.64. The van der Waals surface area contributed by atoms with Gasteiger partial charge in [0.25, 0.3) is 0 Å². The highest BCUT2D eigenvalue weighted by Gasteiger charge is 2.36. The maximum absolute atomic E-state index is 12.6. The average Bonchev–Trinajstić information content (AvgIpc) is 3.26. The quantitative estimate of drug-likeness (QED) is 0.877. The lowest BCUT2D eigenvalue weighted by atomic mass is 10.2. The first-order valence-electron chi connectivity index (χ1n) is 8.64. The van der Waals surface area contributed by atoms with Gasteiger partial charge in [0.1, 0.15) is 16.7 Å². The normalized spacial score (nSPS) is 17.2. The van der Waals surface area contributed by atoms with Gasteiger partial charge in [-0.25, -0.2) is 9.78 Å². The van der Waals surface area contributed by atoms with Crippen LogP contribution in [-0.2, 0) is 9.53 Å². The van der Waals surface area contributed by atoms with Crippen LogP contribution in [0, 0.1) is 0 Å². The molecule has 6 nitrogen and oxygen atoms in total. The van der Waals surface area contributed by atoms with Gasteiger partial charge in [0.2, 0.25) is 5.91 Å². The molecule has 138 valence electrons. The third-order valence-electron chi connectivity index (χ3n) is 4.02. The first-order chi connectivity index (χ1) is 12.3. The monoisotopic (exact) mass is 373 g/mol. The van der Waals surface area contributed by atoms with Gasteiger partial charge in [-0.05, 0) is 57.9 Å². The molecule has 3 rings (SSSR count). The molecule has 1 aromatic heterocycles. The molecule has 0 spiro atoms. The number of carbonyl (C=O) groups excluding carboxylic acids is 2. The van der Waals surface area contributed by atoms with Gasteiger partial charge in [-0.1, -0.05) is 0 Å². The minimum Gasteiger partial charge on any atom is -0.444 e. The number of hydrogen-bond acceptors (Lipinski definition) is 5. The number of anilines is 1. The van der Waals surface area contributed by atoms with Crippen LogP contribution in [0.1, 0.15) is 33.6 Å². The predicted molar refractivity (Wildman–Crippen MR) is 102 cm³/mol. The molecule has 26 heavy (non-hydrogen) atoms. The van der Waals surface area contributed by atoms with Crippen LogP contribution in [0.25, 0.3) is 10.6 Å². The maximum atomic E-state index is 12.6. The van der Waals surface area contributed by atoms with Gasteiger partial charge >= 0.3 is 6.09 Å². The molecule has 0 aliphatic carbocycles. The minimum atomic E-state index is -0.577. The highest BCUT2D eigenvalue weighted by Crippen LogP contribution is 2.25. The standard InChI is InChI=1S/C19H23N3O3S/c1-19(2,3)25-18(24)22-11-4-5-15(22)16(23)21-14-8-6-13(7-9-14)17-20-10-12-26-17/h6-10,12,15H,4-5,11H2,1-3H3,(H,21,23)/t15-/m0/s1. The second kappa shape index (κ2) is 7.45. The van der Waals surface area contributed by atoms with E-state index in [-0.39, 0.29) is 5.91 Å². The number of nitrogens with one attached hydrogen (secondary N) is 1. The Labute approximate surface area is 157 Å². The van der Waals surface area contributed by atoms with E-state index < -0.39 is 17.7 Å². The molecule has 0 unspecified atom stereocenters. The van der Waals surface area contributed by atoms with E-state index in [0.717, 1.165) is 17.0 Å². The van der Waals surface area contributed by atoms with Crippen molar-refractivity contribution in [1.29, 1.82) is 0 Å². The third-order valence-corrected chi connectivity index (χ3v) is 4.84. The van der Waals surface area contributed by atoms with E-state index in [2.05, 4.69) is 10.3 Å². The molecular weight excluding hydrogens is 350 g/mol. The first kappa shape index (κ1) is 18.4. The van der Waals surface area contributed by atoms with E-state index in [1.165, 1.54) is 4.90 Å². The van der Waals surface area contributed by atoms with Gasteiger partial charge < -0.3 is 10.1 Å². The van der Waals surface area contributed by atoms with E-state index in [1.807, 2.05) is 50.4 Å². The Morgan fingerprint density at radius 1 is 1.27 bits per heavy atom. The lowest BCUT2D eigenvalue weighted by Gasteiger charge is -2.28. The highest BCUT2D eigenvalue weighted by atomic mass is 32.1. The van der Waals surface area contributed by atoms with Gasteiger partial charge in [-0.3, -0.25) is 9.69 Å². The molecule has 1 aliphatic heterocycles. The lowest BCUT2D eigenvalue weighted by Crippen LogP contribution is -2.45. The fourth-order valence-electron chi connectivity index (χ4n) is 2.87. The Kier molecular flexibility index (Phi) is 5.27. The molecule has 1 aliphatic rings. The summed E-state index contributed by atoms with van der Waals surface area (Å²) in [5.41, 5.74) is 1.13. The summed E-state index contributed by atoms with van der Waals surface area (Å²) in [6.07, 6.45) is 2.76. The summed E-state index contributed by atoms with van der Waals surface area (Å²) in [5.74, 6) is -0.185. The Bertz CT molecular complexity index is 766. The molecule has 1 atom stereocenters. The zero-order chi connectivity index (χ0) is 18.7. The summed E-state index contributed by atoms with van der Waals surface area (Å²) >= 11 is 1.57. The Morgan fingerprint density at radius 2 is 2.00 bits per heavy atom. The number of likely N-dealkylation sites (tertiary alicyclic amines) is 1. The van der Waals surface area contributed by atoms with Crippen LogP contribution in [-0.4, -0.2) is 40.1 Å². The number of hydrogen-bond donors (Lipinski definition) is 1. The van der Waals surface area contributed by atoms with Gasteiger partial charge in [-0.2, -0.15) is 0 Å². The van der Waals surface area contributed by atoms with Crippen molar-refractivity contribution in [3.8, 4) is 10.6 Å². The average molecular weight is 373 g/mol. The van der Waals surface area contributed by atoms with Crippen LogP contribution < -0.4 is 5.32 Å². The summed E-state index contributed by atoms with van der Waals surface area (Å²) in [6, 6.07) is 7.05. The predicted octanol–water partition coefficient (Wildman–Crippen LogP) is 4.15. The van der Waals surface area contributed by atoms with Crippen molar-refractivity contribution < 1.29 is 14.3 Å². The zero-order valence-corrected chi connectivity index (χ0v) is 16.0. The lowest BCUT2D eigenvalue weighted by molar-refractivity contribution is -0.120. The SMILES string of the molecule is CC(C)(C)OC(=O)N1CCC[C@H]1C(=O)Nc1ccc(-c2nccs2)cc1. The first-order valence-corrected chi connectivity index (χ1v) is 9.52. The van der Waals surface area contributed by atoms with Gasteiger partial charge in [0.15, 0.2) is 0 Å². The van der Waals surface area contributed by atoms with E-state index in [0.29, 0.717) is 18.7 Å². The highest BCUT2D eigenvalue weighted by molar-refractivity contribution is 7.13. The van der Waals surface area contributed by atoms with Crippen LogP contribution in [0.3, 0.4) is 0 Å². The van der Waals surface area contributed by atoms with Crippen molar-refractivity contribution in [3.63, 3.8) is 0 Å². The molecule has 7 heteroatoms. The van der Waals surface area contributed by atoms with Crippen molar-refractivity contribution in [3.05, 3.63) is 35.8 Å². The summed E-state index contributed by atoms with van der Waals surface area (Å²) in [4.78, 5) is 30.8. The number of carbonyl (C=O) groups is 2.